The Balaban J connectivity index is 3.39. The fourth-order valence-corrected chi connectivity index (χ4v) is 10.7. The van der Waals surface area contributed by atoms with E-state index in [0.29, 0.717) is 19.4 Å². The third-order valence-electron chi connectivity index (χ3n) is 16.0. The number of nitrogens with one attached hydrogen (secondary N) is 1. The number of carbonyl (C=O) groups is 2. The number of aliphatic hydroxyl groups excluding tert-OH is 2. The van der Waals surface area contributed by atoms with Crippen molar-refractivity contribution in [3.8, 4) is 0 Å². The number of unbranched alkanes of at least 4 members (excludes halogenated alkanes) is 51. The number of allylic oxidation sites excluding steroid dienone is 3. The molecule has 6 heteroatoms. The van der Waals surface area contributed by atoms with Crippen molar-refractivity contribution >= 4 is 11.9 Å². The fraction of sp³-hybridized carbons (Fsp3) is 0.913. The number of hydrogen-bond donors (Lipinski definition) is 3. The number of esters is 1. The van der Waals surface area contributed by atoms with Gasteiger partial charge in [0, 0.05) is 12.8 Å². The molecule has 0 aromatic heterocycles. The van der Waals surface area contributed by atoms with Crippen LogP contribution in [0.3, 0.4) is 0 Å². The van der Waals surface area contributed by atoms with Gasteiger partial charge in [0.1, 0.15) is 0 Å². The lowest BCUT2D eigenvalue weighted by atomic mass is 10.0. The van der Waals surface area contributed by atoms with Crippen LogP contribution in [0.4, 0.5) is 0 Å². The lowest BCUT2D eigenvalue weighted by Crippen LogP contribution is -2.45. The molecular formula is C69H133NO5. The van der Waals surface area contributed by atoms with Crippen molar-refractivity contribution in [2.45, 2.75) is 392 Å². The van der Waals surface area contributed by atoms with Gasteiger partial charge in [-0.2, -0.15) is 0 Å². The first-order chi connectivity index (χ1) is 37.0. The van der Waals surface area contributed by atoms with Gasteiger partial charge in [0.2, 0.25) is 5.91 Å². The molecule has 0 spiro atoms. The lowest BCUT2D eigenvalue weighted by Gasteiger charge is -2.20. The van der Waals surface area contributed by atoms with Crippen molar-refractivity contribution in [2.24, 2.45) is 0 Å². The van der Waals surface area contributed by atoms with Gasteiger partial charge in [-0.05, 0) is 57.8 Å². The van der Waals surface area contributed by atoms with E-state index in [9.17, 15) is 19.8 Å². The predicted octanol–water partition coefficient (Wildman–Crippen LogP) is 21.8. The molecule has 1 amide bonds. The molecule has 444 valence electrons. The third kappa shape index (κ3) is 61.4. The van der Waals surface area contributed by atoms with Gasteiger partial charge >= 0.3 is 5.97 Å². The molecular weight excluding hydrogens is 923 g/mol. The fourth-order valence-electron chi connectivity index (χ4n) is 10.7. The summed E-state index contributed by atoms with van der Waals surface area (Å²) in [6.07, 6.45) is 81.0. The van der Waals surface area contributed by atoms with E-state index < -0.39 is 12.1 Å². The summed E-state index contributed by atoms with van der Waals surface area (Å²) in [4.78, 5) is 24.5. The van der Waals surface area contributed by atoms with E-state index in [4.69, 9.17) is 4.74 Å². The summed E-state index contributed by atoms with van der Waals surface area (Å²) in [6, 6.07) is -0.627. The number of amides is 1. The summed E-state index contributed by atoms with van der Waals surface area (Å²) in [6.45, 7) is 4.94. The Bertz CT molecular complexity index is 1170. The normalized spacial score (nSPS) is 12.6. The largest absolute Gasteiger partial charge is 0.466 e. The third-order valence-corrected chi connectivity index (χ3v) is 16.0. The number of rotatable bonds is 64. The van der Waals surface area contributed by atoms with Crippen molar-refractivity contribution in [1.29, 1.82) is 0 Å². The van der Waals surface area contributed by atoms with Crippen LogP contribution in [0.25, 0.3) is 0 Å². The topological polar surface area (TPSA) is 95.9 Å². The quantitative estimate of drug-likeness (QED) is 0.0320. The Hall–Kier alpha value is -1.66. The molecule has 0 aliphatic carbocycles. The average Bonchev–Trinajstić information content (AvgIpc) is 3.41. The summed E-state index contributed by atoms with van der Waals surface area (Å²) in [7, 11) is 0. The molecule has 0 saturated carbocycles. The second-order valence-electron chi connectivity index (χ2n) is 23.5. The minimum absolute atomic E-state index is 0.0183. The van der Waals surface area contributed by atoms with Gasteiger partial charge < -0.3 is 20.3 Å². The molecule has 0 fully saturated rings. The van der Waals surface area contributed by atoms with Gasteiger partial charge in [-0.1, -0.05) is 334 Å². The van der Waals surface area contributed by atoms with E-state index >= 15 is 0 Å². The SMILES string of the molecule is CCCCCCCCCCCCCCCC/C=C/C(O)C(CO)NC(=O)CCCCCCCCCCCCCC/C=C\CCCCCCCCCCCCCCOC(=O)CCCCCCCCCCCCCCCC. The highest BCUT2D eigenvalue weighted by Crippen LogP contribution is 2.18. The number of carbonyl (C=O) groups excluding carboxylic acids is 2. The first kappa shape index (κ1) is 73.3. The van der Waals surface area contributed by atoms with Gasteiger partial charge in [-0.15, -0.1) is 0 Å². The minimum atomic E-state index is -0.844. The van der Waals surface area contributed by atoms with Gasteiger partial charge in [-0.25, -0.2) is 0 Å². The molecule has 0 heterocycles. The summed E-state index contributed by atoms with van der Waals surface area (Å²) >= 11 is 0. The Kier molecular flexibility index (Phi) is 63.4. The molecule has 0 aliphatic heterocycles. The van der Waals surface area contributed by atoms with Crippen LogP contribution in [0, 0.1) is 0 Å². The van der Waals surface area contributed by atoms with E-state index in [2.05, 4.69) is 31.3 Å². The van der Waals surface area contributed by atoms with Crippen LogP contribution in [0.15, 0.2) is 24.3 Å². The monoisotopic (exact) mass is 1060 g/mol. The molecule has 6 nitrogen and oxygen atoms in total. The van der Waals surface area contributed by atoms with Crippen molar-refractivity contribution < 1.29 is 24.5 Å². The zero-order valence-corrected chi connectivity index (χ0v) is 50.8. The van der Waals surface area contributed by atoms with Gasteiger partial charge in [0.15, 0.2) is 0 Å². The maximum absolute atomic E-state index is 12.5. The maximum atomic E-state index is 12.5. The van der Waals surface area contributed by atoms with E-state index in [-0.39, 0.29) is 18.5 Å². The average molecular weight is 1060 g/mol. The standard InChI is InChI=1S/C69H133NO5/c1-3-5-7-9-11-13-15-17-19-34-37-41-45-49-53-57-61-67(72)66(65-71)70-68(73)62-58-54-50-46-42-38-35-32-30-28-26-24-22-20-21-23-25-27-29-31-33-36-40-44-48-52-56-60-64-75-69(74)63-59-55-51-47-43-39-18-16-14-12-10-8-6-4-2/h20-21,57,61,66-67,71-72H,3-19,22-56,58-60,62-65H2,1-2H3,(H,70,73)/b21-20-,61-57+. The molecule has 2 unspecified atom stereocenters. The Morgan fingerprint density at radius 2 is 0.627 bits per heavy atom. The van der Waals surface area contributed by atoms with Crippen molar-refractivity contribution in [1.82, 2.24) is 5.32 Å². The number of ether oxygens (including phenoxy) is 1. The summed E-state index contributed by atoms with van der Waals surface area (Å²) in [5.41, 5.74) is 0. The lowest BCUT2D eigenvalue weighted by molar-refractivity contribution is -0.143. The highest BCUT2D eigenvalue weighted by molar-refractivity contribution is 5.76. The molecule has 75 heavy (non-hydrogen) atoms. The highest BCUT2D eigenvalue weighted by atomic mass is 16.5. The van der Waals surface area contributed by atoms with Crippen LogP contribution in [0.1, 0.15) is 380 Å². The van der Waals surface area contributed by atoms with Crippen molar-refractivity contribution in [3.63, 3.8) is 0 Å². The zero-order chi connectivity index (χ0) is 54.3. The summed E-state index contributed by atoms with van der Waals surface area (Å²) < 4.78 is 5.49. The van der Waals surface area contributed by atoms with Crippen LogP contribution in [-0.4, -0.2) is 47.4 Å². The molecule has 0 aromatic carbocycles. The van der Waals surface area contributed by atoms with Crippen LogP contribution in [0.5, 0.6) is 0 Å². The first-order valence-electron chi connectivity index (χ1n) is 34.1. The Morgan fingerprint density at radius 1 is 0.360 bits per heavy atom. The zero-order valence-electron chi connectivity index (χ0n) is 50.8. The van der Waals surface area contributed by atoms with E-state index in [0.717, 1.165) is 38.5 Å². The minimum Gasteiger partial charge on any atom is -0.466 e. The van der Waals surface area contributed by atoms with Crippen molar-refractivity contribution in [3.05, 3.63) is 24.3 Å². The summed E-state index contributed by atoms with van der Waals surface area (Å²) in [5.74, 6) is -0.0470. The van der Waals surface area contributed by atoms with Gasteiger partial charge in [-0.3, -0.25) is 9.59 Å². The van der Waals surface area contributed by atoms with Crippen LogP contribution in [-0.2, 0) is 14.3 Å². The van der Waals surface area contributed by atoms with Crippen LogP contribution in [0.2, 0.25) is 0 Å². The van der Waals surface area contributed by atoms with E-state index in [1.807, 2.05) is 6.08 Å². The molecule has 0 rings (SSSR count). The van der Waals surface area contributed by atoms with Crippen molar-refractivity contribution in [2.75, 3.05) is 13.2 Å². The Morgan fingerprint density at radius 3 is 0.947 bits per heavy atom. The smallest absolute Gasteiger partial charge is 0.305 e. The van der Waals surface area contributed by atoms with E-state index in [1.54, 1.807) is 6.08 Å². The molecule has 0 bridgehead atoms. The molecule has 0 aromatic rings. The first-order valence-corrected chi connectivity index (χ1v) is 34.1. The number of hydrogen-bond acceptors (Lipinski definition) is 5. The molecule has 0 saturated heterocycles. The van der Waals surface area contributed by atoms with Gasteiger partial charge in [0.25, 0.3) is 0 Å². The molecule has 2 atom stereocenters. The highest BCUT2D eigenvalue weighted by Gasteiger charge is 2.18. The van der Waals surface area contributed by atoms with Gasteiger partial charge in [0.05, 0.1) is 25.4 Å². The molecule has 0 radical (unpaired) electrons. The van der Waals surface area contributed by atoms with Crippen LogP contribution < -0.4 is 5.32 Å². The number of aliphatic hydroxyl groups is 2. The Labute approximate surface area is 469 Å². The molecule has 0 aliphatic rings. The second kappa shape index (κ2) is 64.9. The molecule has 3 N–H and O–H groups in total. The maximum Gasteiger partial charge on any atom is 0.305 e. The van der Waals surface area contributed by atoms with E-state index in [1.165, 1.54) is 315 Å². The summed E-state index contributed by atoms with van der Waals surface area (Å²) in [5, 5.41) is 23.2. The second-order valence-corrected chi connectivity index (χ2v) is 23.5. The van der Waals surface area contributed by atoms with Crippen LogP contribution >= 0.6 is 0 Å². The predicted molar refractivity (Wildman–Crippen MR) is 329 cm³/mol.